The van der Waals surface area contributed by atoms with E-state index in [2.05, 4.69) is 5.32 Å². The van der Waals surface area contributed by atoms with E-state index in [0.717, 1.165) is 0 Å². The number of carbonyl (C=O) groups is 1. The molecular formula is C16H15ClFNO3. The monoisotopic (exact) mass is 323 g/mol. The summed E-state index contributed by atoms with van der Waals surface area (Å²) in [5, 5.41) is 3.16. The van der Waals surface area contributed by atoms with E-state index in [0.29, 0.717) is 28.6 Å². The van der Waals surface area contributed by atoms with Crippen molar-refractivity contribution in [2.24, 2.45) is 0 Å². The minimum atomic E-state index is -0.325. The van der Waals surface area contributed by atoms with Crippen molar-refractivity contribution in [3.63, 3.8) is 0 Å². The topological polar surface area (TPSA) is 47.6 Å². The molecule has 0 atom stereocenters. The summed E-state index contributed by atoms with van der Waals surface area (Å²) in [7, 11) is 1.48. The van der Waals surface area contributed by atoms with Crippen molar-refractivity contribution in [3.05, 3.63) is 58.9 Å². The molecule has 0 saturated carbocycles. The van der Waals surface area contributed by atoms with Gasteiger partial charge >= 0.3 is 0 Å². The molecule has 0 heterocycles. The van der Waals surface area contributed by atoms with Crippen LogP contribution in [-0.4, -0.2) is 26.2 Å². The van der Waals surface area contributed by atoms with Crippen LogP contribution in [0, 0.1) is 5.82 Å². The van der Waals surface area contributed by atoms with Crippen LogP contribution in [0.4, 0.5) is 4.39 Å². The standard InChI is InChI=1S/C16H15ClFNO3/c1-21-15-7-2-11(17)10-14(15)16(20)19-8-9-22-13-5-3-12(18)4-6-13/h2-7,10H,8-9H2,1H3,(H,19,20). The number of halogens is 2. The molecule has 0 aliphatic heterocycles. The summed E-state index contributed by atoms with van der Waals surface area (Å²) in [6.45, 7) is 0.562. The summed E-state index contributed by atoms with van der Waals surface area (Å²) < 4.78 is 23.2. The molecule has 0 saturated heterocycles. The molecule has 0 fully saturated rings. The molecule has 6 heteroatoms. The zero-order valence-electron chi connectivity index (χ0n) is 11.9. The number of nitrogens with one attached hydrogen (secondary N) is 1. The number of hydrogen-bond acceptors (Lipinski definition) is 3. The third kappa shape index (κ3) is 4.36. The van der Waals surface area contributed by atoms with Crippen LogP contribution in [0.25, 0.3) is 0 Å². The van der Waals surface area contributed by atoms with Gasteiger partial charge in [-0.15, -0.1) is 0 Å². The van der Waals surface area contributed by atoms with Crippen molar-refractivity contribution in [1.82, 2.24) is 5.32 Å². The number of methoxy groups -OCH3 is 1. The molecular weight excluding hydrogens is 309 g/mol. The third-order valence-electron chi connectivity index (χ3n) is 2.88. The molecule has 2 aromatic carbocycles. The molecule has 0 aromatic heterocycles. The average Bonchev–Trinajstić information content (AvgIpc) is 2.53. The quantitative estimate of drug-likeness (QED) is 0.830. The number of amides is 1. The number of hydrogen-bond donors (Lipinski definition) is 1. The van der Waals surface area contributed by atoms with Gasteiger partial charge in [-0.25, -0.2) is 4.39 Å². The molecule has 1 N–H and O–H groups in total. The van der Waals surface area contributed by atoms with Crippen LogP contribution >= 0.6 is 11.6 Å². The lowest BCUT2D eigenvalue weighted by Crippen LogP contribution is -2.28. The first-order valence-electron chi connectivity index (χ1n) is 6.60. The third-order valence-corrected chi connectivity index (χ3v) is 3.11. The highest BCUT2D eigenvalue weighted by molar-refractivity contribution is 6.31. The van der Waals surface area contributed by atoms with Crippen LogP contribution in [0.15, 0.2) is 42.5 Å². The molecule has 1 amide bonds. The molecule has 0 spiro atoms. The van der Waals surface area contributed by atoms with Crippen molar-refractivity contribution in [1.29, 1.82) is 0 Å². The summed E-state index contributed by atoms with van der Waals surface area (Å²) in [6.07, 6.45) is 0. The lowest BCUT2D eigenvalue weighted by Gasteiger charge is -2.10. The van der Waals surface area contributed by atoms with E-state index in [1.807, 2.05) is 0 Å². The molecule has 116 valence electrons. The first-order valence-corrected chi connectivity index (χ1v) is 6.98. The summed E-state index contributed by atoms with van der Waals surface area (Å²) >= 11 is 5.88. The highest BCUT2D eigenvalue weighted by atomic mass is 35.5. The van der Waals surface area contributed by atoms with Gasteiger partial charge in [-0.05, 0) is 42.5 Å². The largest absolute Gasteiger partial charge is 0.496 e. The van der Waals surface area contributed by atoms with Gasteiger partial charge in [-0.3, -0.25) is 4.79 Å². The fourth-order valence-corrected chi connectivity index (χ4v) is 1.99. The van der Waals surface area contributed by atoms with Crippen LogP contribution in [-0.2, 0) is 0 Å². The maximum atomic E-state index is 12.7. The highest BCUT2D eigenvalue weighted by Crippen LogP contribution is 2.22. The zero-order chi connectivity index (χ0) is 15.9. The fraction of sp³-hybridized carbons (Fsp3) is 0.188. The van der Waals surface area contributed by atoms with Crippen molar-refractivity contribution < 1.29 is 18.7 Å². The predicted molar refractivity (Wildman–Crippen MR) is 82.2 cm³/mol. The van der Waals surface area contributed by atoms with Crippen LogP contribution in [0.5, 0.6) is 11.5 Å². The Kier molecular flexibility index (Phi) is 5.61. The van der Waals surface area contributed by atoms with Crippen molar-refractivity contribution in [3.8, 4) is 11.5 Å². The van der Waals surface area contributed by atoms with Crippen molar-refractivity contribution >= 4 is 17.5 Å². The molecule has 2 aromatic rings. The average molecular weight is 324 g/mol. The van der Waals surface area contributed by atoms with E-state index in [1.165, 1.54) is 37.4 Å². The van der Waals surface area contributed by atoms with Crippen molar-refractivity contribution in [2.75, 3.05) is 20.3 Å². The maximum absolute atomic E-state index is 12.7. The van der Waals surface area contributed by atoms with Crippen LogP contribution in [0.2, 0.25) is 5.02 Å². The fourth-order valence-electron chi connectivity index (χ4n) is 1.82. The highest BCUT2D eigenvalue weighted by Gasteiger charge is 2.12. The van der Waals surface area contributed by atoms with E-state index in [-0.39, 0.29) is 18.3 Å². The second kappa shape index (κ2) is 7.66. The van der Waals surface area contributed by atoms with Gasteiger partial charge in [0.15, 0.2) is 0 Å². The molecule has 2 rings (SSSR count). The predicted octanol–water partition coefficient (Wildman–Crippen LogP) is 3.30. The number of benzene rings is 2. The molecule has 4 nitrogen and oxygen atoms in total. The molecule has 0 unspecified atom stereocenters. The van der Waals surface area contributed by atoms with Gasteiger partial charge in [0.25, 0.3) is 5.91 Å². The Bertz CT molecular complexity index is 646. The van der Waals surface area contributed by atoms with E-state index < -0.39 is 0 Å². The first-order chi connectivity index (χ1) is 10.6. The SMILES string of the molecule is COc1ccc(Cl)cc1C(=O)NCCOc1ccc(F)cc1. The molecule has 0 aliphatic rings. The molecule has 0 aliphatic carbocycles. The number of ether oxygens (including phenoxy) is 2. The minimum Gasteiger partial charge on any atom is -0.496 e. The summed E-state index contributed by atoms with van der Waals surface area (Å²) in [6, 6.07) is 10.5. The van der Waals surface area contributed by atoms with Crippen LogP contribution < -0.4 is 14.8 Å². The van der Waals surface area contributed by atoms with E-state index in [9.17, 15) is 9.18 Å². The number of carbonyl (C=O) groups excluding carboxylic acids is 1. The van der Waals surface area contributed by atoms with Gasteiger partial charge in [-0.2, -0.15) is 0 Å². The Balaban J connectivity index is 1.85. The van der Waals surface area contributed by atoms with Gasteiger partial charge in [0.1, 0.15) is 23.9 Å². The van der Waals surface area contributed by atoms with Gasteiger partial charge in [0.2, 0.25) is 0 Å². The number of rotatable bonds is 6. The smallest absolute Gasteiger partial charge is 0.255 e. The molecule has 0 radical (unpaired) electrons. The Hall–Kier alpha value is -2.27. The van der Waals surface area contributed by atoms with Crippen molar-refractivity contribution in [2.45, 2.75) is 0 Å². The van der Waals surface area contributed by atoms with Gasteiger partial charge < -0.3 is 14.8 Å². The van der Waals surface area contributed by atoms with Crippen LogP contribution in [0.1, 0.15) is 10.4 Å². The van der Waals surface area contributed by atoms with Gasteiger partial charge in [0, 0.05) is 5.02 Å². The normalized spacial score (nSPS) is 10.1. The Labute approximate surface area is 132 Å². The second-order valence-corrected chi connectivity index (χ2v) is 4.84. The van der Waals surface area contributed by atoms with E-state index in [1.54, 1.807) is 12.1 Å². The zero-order valence-corrected chi connectivity index (χ0v) is 12.7. The Morgan fingerprint density at radius 1 is 1.23 bits per heavy atom. The summed E-state index contributed by atoms with van der Waals surface area (Å²) in [5.74, 6) is 0.355. The maximum Gasteiger partial charge on any atom is 0.255 e. The van der Waals surface area contributed by atoms with Gasteiger partial charge in [-0.1, -0.05) is 11.6 Å². The summed E-state index contributed by atoms with van der Waals surface area (Å²) in [4.78, 5) is 12.1. The van der Waals surface area contributed by atoms with Crippen LogP contribution in [0.3, 0.4) is 0 Å². The molecule has 0 bridgehead atoms. The Morgan fingerprint density at radius 3 is 2.64 bits per heavy atom. The first kappa shape index (κ1) is 16.1. The summed E-state index contributed by atoms with van der Waals surface area (Å²) in [5.41, 5.74) is 0.358. The molecule has 22 heavy (non-hydrogen) atoms. The minimum absolute atomic E-state index is 0.264. The second-order valence-electron chi connectivity index (χ2n) is 4.40. The van der Waals surface area contributed by atoms with Gasteiger partial charge in [0.05, 0.1) is 19.2 Å². The lowest BCUT2D eigenvalue weighted by atomic mass is 10.2. The van der Waals surface area contributed by atoms with E-state index in [4.69, 9.17) is 21.1 Å². The lowest BCUT2D eigenvalue weighted by molar-refractivity contribution is 0.0944. The van der Waals surface area contributed by atoms with E-state index >= 15 is 0 Å². The Morgan fingerprint density at radius 2 is 1.95 bits per heavy atom.